The molecule has 0 atom stereocenters. The van der Waals surface area contributed by atoms with E-state index in [1.54, 1.807) is 30.9 Å². The van der Waals surface area contributed by atoms with Crippen LogP contribution in [-0.2, 0) is 4.79 Å². The Kier molecular flexibility index (Phi) is 10.7. The SMILES string of the molecule is CN=C(NCCSc1ccccc1)NCC(=O)Nc1cccc(F)c1.I. The molecule has 0 radical (unpaired) electrons. The molecule has 3 N–H and O–H groups in total. The summed E-state index contributed by atoms with van der Waals surface area (Å²) >= 11 is 1.74. The number of nitrogens with one attached hydrogen (secondary N) is 3. The van der Waals surface area contributed by atoms with Crippen LogP contribution in [0.5, 0.6) is 0 Å². The molecular weight excluding hydrogens is 466 g/mol. The number of guanidine groups is 1. The molecular formula is C18H22FIN4OS. The molecule has 2 aromatic carbocycles. The number of anilines is 1. The number of hydrogen-bond acceptors (Lipinski definition) is 3. The summed E-state index contributed by atoms with van der Waals surface area (Å²) in [4.78, 5) is 17.2. The van der Waals surface area contributed by atoms with E-state index in [0.29, 0.717) is 18.2 Å². The molecule has 8 heteroatoms. The number of nitrogens with zero attached hydrogens (tertiary/aromatic N) is 1. The molecule has 0 spiro atoms. The van der Waals surface area contributed by atoms with E-state index in [1.807, 2.05) is 18.2 Å². The summed E-state index contributed by atoms with van der Waals surface area (Å²) in [5, 5.41) is 8.70. The van der Waals surface area contributed by atoms with Gasteiger partial charge in [0, 0.05) is 29.9 Å². The van der Waals surface area contributed by atoms with Crippen molar-refractivity contribution in [1.29, 1.82) is 0 Å². The molecule has 2 aromatic rings. The third-order valence-electron chi connectivity index (χ3n) is 3.15. The van der Waals surface area contributed by atoms with Crippen LogP contribution in [0.3, 0.4) is 0 Å². The van der Waals surface area contributed by atoms with Gasteiger partial charge >= 0.3 is 0 Å². The summed E-state index contributed by atoms with van der Waals surface area (Å²) in [5.41, 5.74) is 0.425. The standard InChI is InChI=1S/C18H21FN4OS.HI/c1-20-18(21-10-11-25-16-8-3-2-4-9-16)22-13-17(24)23-15-7-5-6-14(19)12-15;/h2-9,12H,10-11,13H2,1H3,(H,23,24)(H2,20,21,22);1H. The Bertz CT molecular complexity index is 715. The van der Waals surface area contributed by atoms with Gasteiger partial charge in [0.05, 0.1) is 6.54 Å². The zero-order valence-electron chi connectivity index (χ0n) is 14.4. The predicted molar refractivity (Wildman–Crippen MR) is 117 cm³/mol. The van der Waals surface area contributed by atoms with E-state index in [1.165, 1.54) is 17.0 Å². The van der Waals surface area contributed by atoms with Crippen molar-refractivity contribution in [3.63, 3.8) is 0 Å². The largest absolute Gasteiger partial charge is 0.356 e. The molecule has 0 saturated carbocycles. The first-order chi connectivity index (χ1) is 12.2. The zero-order valence-corrected chi connectivity index (χ0v) is 17.5. The van der Waals surface area contributed by atoms with Gasteiger partial charge in [-0.3, -0.25) is 9.79 Å². The minimum absolute atomic E-state index is 0. The van der Waals surface area contributed by atoms with Gasteiger partial charge in [-0.15, -0.1) is 35.7 Å². The molecule has 140 valence electrons. The lowest BCUT2D eigenvalue weighted by atomic mass is 10.3. The first-order valence-corrected chi connectivity index (χ1v) is 8.84. The van der Waals surface area contributed by atoms with Crippen LogP contribution in [0.4, 0.5) is 10.1 Å². The molecule has 0 aliphatic heterocycles. The van der Waals surface area contributed by atoms with Gasteiger partial charge in [-0.2, -0.15) is 0 Å². The minimum atomic E-state index is -0.390. The van der Waals surface area contributed by atoms with Crippen LogP contribution >= 0.6 is 35.7 Å². The fraction of sp³-hybridized carbons (Fsp3) is 0.222. The third kappa shape index (κ3) is 8.52. The monoisotopic (exact) mass is 488 g/mol. The lowest BCUT2D eigenvalue weighted by Gasteiger charge is -2.12. The van der Waals surface area contributed by atoms with Gasteiger partial charge in [-0.25, -0.2) is 4.39 Å². The highest BCUT2D eigenvalue weighted by Crippen LogP contribution is 2.15. The highest BCUT2D eigenvalue weighted by molar-refractivity contribution is 14.0. The maximum Gasteiger partial charge on any atom is 0.243 e. The number of carbonyl (C=O) groups excluding carboxylic acids is 1. The van der Waals surface area contributed by atoms with Crippen molar-refractivity contribution in [3.05, 3.63) is 60.4 Å². The first kappa shape index (κ1) is 22.2. The highest BCUT2D eigenvalue weighted by Gasteiger charge is 2.05. The molecule has 0 aliphatic rings. The smallest absolute Gasteiger partial charge is 0.243 e. The lowest BCUT2D eigenvalue weighted by Crippen LogP contribution is -2.42. The van der Waals surface area contributed by atoms with Crippen LogP contribution in [0.15, 0.2) is 64.5 Å². The Balaban J connectivity index is 0.00000338. The summed E-state index contributed by atoms with van der Waals surface area (Å²) in [6, 6.07) is 15.9. The Hall–Kier alpha value is -1.81. The second-order valence-electron chi connectivity index (χ2n) is 5.07. The third-order valence-corrected chi connectivity index (χ3v) is 4.17. The van der Waals surface area contributed by atoms with Gasteiger partial charge in [0.1, 0.15) is 5.82 Å². The molecule has 0 aromatic heterocycles. The van der Waals surface area contributed by atoms with Gasteiger partial charge in [0.25, 0.3) is 0 Å². The molecule has 5 nitrogen and oxygen atoms in total. The molecule has 26 heavy (non-hydrogen) atoms. The summed E-state index contributed by atoms with van der Waals surface area (Å²) in [5.74, 6) is 0.759. The number of hydrogen-bond donors (Lipinski definition) is 3. The Morgan fingerprint density at radius 2 is 1.88 bits per heavy atom. The maximum absolute atomic E-state index is 13.1. The molecule has 0 unspecified atom stereocenters. The van der Waals surface area contributed by atoms with E-state index < -0.39 is 0 Å². The second kappa shape index (κ2) is 12.5. The summed E-state index contributed by atoms with van der Waals surface area (Å²) < 4.78 is 13.1. The van der Waals surface area contributed by atoms with E-state index >= 15 is 0 Å². The second-order valence-corrected chi connectivity index (χ2v) is 6.24. The molecule has 0 heterocycles. The quantitative estimate of drug-likeness (QED) is 0.184. The van der Waals surface area contributed by atoms with Crippen LogP contribution in [0, 0.1) is 5.82 Å². The molecule has 1 amide bonds. The zero-order chi connectivity index (χ0) is 17.9. The van der Waals surface area contributed by atoms with Crippen LogP contribution < -0.4 is 16.0 Å². The number of carbonyl (C=O) groups is 1. The van der Waals surface area contributed by atoms with E-state index in [4.69, 9.17) is 0 Å². The van der Waals surface area contributed by atoms with Crippen molar-refractivity contribution < 1.29 is 9.18 Å². The van der Waals surface area contributed by atoms with Crippen LogP contribution in [-0.4, -0.2) is 37.8 Å². The van der Waals surface area contributed by atoms with Crippen molar-refractivity contribution in [2.24, 2.45) is 4.99 Å². The van der Waals surface area contributed by atoms with E-state index in [-0.39, 0.29) is 42.2 Å². The molecule has 0 bridgehead atoms. The van der Waals surface area contributed by atoms with Crippen molar-refractivity contribution in [2.45, 2.75) is 4.90 Å². The van der Waals surface area contributed by atoms with Crippen molar-refractivity contribution in [1.82, 2.24) is 10.6 Å². The van der Waals surface area contributed by atoms with Gasteiger partial charge in [-0.1, -0.05) is 24.3 Å². The van der Waals surface area contributed by atoms with Crippen LogP contribution in [0.1, 0.15) is 0 Å². The highest BCUT2D eigenvalue weighted by atomic mass is 127. The topological polar surface area (TPSA) is 65.5 Å². The summed E-state index contributed by atoms with van der Waals surface area (Å²) in [6.07, 6.45) is 0. The number of amides is 1. The number of halogens is 2. The average molecular weight is 488 g/mol. The fourth-order valence-corrected chi connectivity index (χ4v) is 2.80. The van der Waals surface area contributed by atoms with Gasteiger partial charge in [0.2, 0.25) is 5.91 Å². The number of benzene rings is 2. The van der Waals surface area contributed by atoms with E-state index in [9.17, 15) is 9.18 Å². The van der Waals surface area contributed by atoms with Crippen molar-refractivity contribution in [2.75, 3.05) is 31.2 Å². The van der Waals surface area contributed by atoms with Gasteiger partial charge < -0.3 is 16.0 Å². The predicted octanol–water partition coefficient (Wildman–Crippen LogP) is 3.34. The van der Waals surface area contributed by atoms with Gasteiger partial charge in [0.15, 0.2) is 5.96 Å². The minimum Gasteiger partial charge on any atom is -0.356 e. The first-order valence-electron chi connectivity index (χ1n) is 7.85. The average Bonchev–Trinajstić information content (AvgIpc) is 2.62. The maximum atomic E-state index is 13.1. The molecule has 0 saturated heterocycles. The Morgan fingerprint density at radius 3 is 2.58 bits per heavy atom. The number of rotatable bonds is 7. The van der Waals surface area contributed by atoms with Crippen molar-refractivity contribution in [3.8, 4) is 0 Å². The number of aliphatic imine (C=N–C) groups is 1. The Morgan fingerprint density at radius 1 is 1.12 bits per heavy atom. The lowest BCUT2D eigenvalue weighted by molar-refractivity contribution is -0.115. The van der Waals surface area contributed by atoms with Crippen LogP contribution in [0.2, 0.25) is 0 Å². The normalized spacial score (nSPS) is 10.6. The summed E-state index contributed by atoms with van der Waals surface area (Å²) in [7, 11) is 1.64. The molecule has 2 rings (SSSR count). The summed E-state index contributed by atoms with van der Waals surface area (Å²) in [6.45, 7) is 0.757. The van der Waals surface area contributed by atoms with Crippen molar-refractivity contribution >= 4 is 53.3 Å². The van der Waals surface area contributed by atoms with Crippen LogP contribution in [0.25, 0.3) is 0 Å². The van der Waals surface area contributed by atoms with E-state index in [2.05, 4.69) is 33.1 Å². The Labute approximate surface area is 174 Å². The fourth-order valence-electron chi connectivity index (χ4n) is 2.01. The van der Waals surface area contributed by atoms with Gasteiger partial charge in [-0.05, 0) is 30.3 Å². The number of thioether (sulfide) groups is 1. The molecule has 0 fully saturated rings. The molecule has 0 aliphatic carbocycles. The van der Waals surface area contributed by atoms with E-state index in [0.717, 1.165) is 5.75 Å².